The second kappa shape index (κ2) is 13.6. The van der Waals surface area contributed by atoms with E-state index in [1.54, 1.807) is 37.4 Å². The van der Waals surface area contributed by atoms with E-state index in [-0.39, 0.29) is 18.5 Å². The molecule has 0 radical (unpaired) electrons. The third-order valence-corrected chi connectivity index (χ3v) is 8.71. The molecule has 0 aliphatic heterocycles. The average Bonchev–Trinajstić information content (AvgIpc) is 2.92. The van der Waals surface area contributed by atoms with E-state index in [9.17, 15) is 18.0 Å². The average molecular weight is 545 g/mol. The van der Waals surface area contributed by atoms with Crippen LogP contribution < -0.4 is 14.4 Å². The maximum atomic E-state index is 13.9. The van der Waals surface area contributed by atoms with E-state index in [1.807, 2.05) is 31.2 Å². The number of amides is 2. The van der Waals surface area contributed by atoms with Gasteiger partial charge in [0.05, 0.1) is 12.8 Å². The van der Waals surface area contributed by atoms with Gasteiger partial charge in [-0.05, 0) is 49.1 Å². The predicted molar refractivity (Wildman–Crippen MR) is 149 cm³/mol. The maximum absolute atomic E-state index is 13.9. The number of anilines is 1. The molecule has 1 aliphatic rings. The molecule has 0 aromatic heterocycles. The van der Waals surface area contributed by atoms with Crippen molar-refractivity contribution >= 4 is 27.7 Å². The summed E-state index contributed by atoms with van der Waals surface area (Å²) in [5.74, 6) is -0.0409. The van der Waals surface area contributed by atoms with Gasteiger partial charge in [0.1, 0.15) is 18.3 Å². The smallest absolute Gasteiger partial charge is 0.304 e. The SMILES string of the molecule is CC[C@H](C(=O)NC1CCCCC1)N(Cc1cccc(OC)c1)C(=O)CN(c1ccccc1)S(=O)(=O)N(C)C. The van der Waals surface area contributed by atoms with Crippen molar-refractivity contribution in [1.29, 1.82) is 0 Å². The fraction of sp³-hybridized carbons (Fsp3) is 0.500. The number of para-hydroxylation sites is 1. The molecule has 1 saturated carbocycles. The summed E-state index contributed by atoms with van der Waals surface area (Å²) in [4.78, 5) is 28.9. The number of rotatable bonds is 12. The molecule has 1 atom stereocenters. The number of methoxy groups -OCH3 is 1. The van der Waals surface area contributed by atoms with E-state index >= 15 is 0 Å². The van der Waals surface area contributed by atoms with Gasteiger partial charge in [-0.1, -0.05) is 56.5 Å². The summed E-state index contributed by atoms with van der Waals surface area (Å²) in [5, 5.41) is 3.15. The van der Waals surface area contributed by atoms with Crippen molar-refractivity contribution in [2.45, 2.75) is 64.1 Å². The van der Waals surface area contributed by atoms with Gasteiger partial charge in [-0.2, -0.15) is 12.7 Å². The molecule has 10 heteroatoms. The standard InChI is InChI=1S/C28H40N4O5S/c1-5-26(28(34)29-23-14-8-6-9-15-23)31(20-22-13-12-18-25(19-22)37-4)27(33)21-32(38(35,36)30(2)3)24-16-10-7-11-17-24/h7,10-13,16-19,23,26H,5-6,8-9,14-15,20-21H2,1-4H3,(H,29,34)/t26-/m1/s1. The molecular weight excluding hydrogens is 504 g/mol. The molecule has 0 saturated heterocycles. The molecule has 9 nitrogen and oxygen atoms in total. The topological polar surface area (TPSA) is 99.3 Å². The minimum Gasteiger partial charge on any atom is -0.497 e. The van der Waals surface area contributed by atoms with Crippen molar-refractivity contribution in [1.82, 2.24) is 14.5 Å². The highest BCUT2D eigenvalue weighted by molar-refractivity contribution is 7.90. The molecule has 2 aromatic rings. The van der Waals surface area contributed by atoms with Crippen molar-refractivity contribution in [2.75, 3.05) is 32.1 Å². The fourth-order valence-corrected chi connectivity index (χ4v) is 5.80. The zero-order chi connectivity index (χ0) is 27.7. The lowest BCUT2D eigenvalue weighted by molar-refractivity contribution is -0.140. The van der Waals surface area contributed by atoms with Gasteiger partial charge >= 0.3 is 10.2 Å². The normalized spacial score (nSPS) is 15.1. The summed E-state index contributed by atoms with van der Waals surface area (Å²) >= 11 is 0. The molecule has 1 N–H and O–H groups in total. The predicted octanol–water partition coefficient (Wildman–Crippen LogP) is 3.56. The van der Waals surface area contributed by atoms with Crippen molar-refractivity contribution in [3.63, 3.8) is 0 Å². The molecule has 2 amide bonds. The van der Waals surface area contributed by atoms with Crippen molar-refractivity contribution in [3.8, 4) is 5.75 Å². The first-order valence-corrected chi connectivity index (χ1v) is 14.5. The lowest BCUT2D eigenvalue weighted by Crippen LogP contribution is -2.54. The van der Waals surface area contributed by atoms with Gasteiger partial charge in [-0.3, -0.25) is 9.59 Å². The lowest BCUT2D eigenvalue weighted by atomic mass is 9.95. The Morgan fingerprint density at radius 3 is 2.32 bits per heavy atom. The van der Waals surface area contributed by atoms with E-state index in [2.05, 4.69) is 5.32 Å². The molecule has 0 unspecified atom stereocenters. The van der Waals surface area contributed by atoms with Crippen LogP contribution in [-0.4, -0.2) is 69.3 Å². The second-order valence-corrected chi connectivity index (χ2v) is 11.8. The summed E-state index contributed by atoms with van der Waals surface area (Å²) in [6, 6.07) is 15.2. The van der Waals surface area contributed by atoms with Crippen LogP contribution in [0.4, 0.5) is 5.69 Å². The van der Waals surface area contributed by atoms with Crippen LogP contribution in [0.15, 0.2) is 54.6 Å². The minimum absolute atomic E-state index is 0.0917. The molecular formula is C28H40N4O5S. The van der Waals surface area contributed by atoms with E-state index in [0.29, 0.717) is 17.9 Å². The van der Waals surface area contributed by atoms with Crippen LogP contribution in [0.25, 0.3) is 0 Å². The highest BCUT2D eigenvalue weighted by atomic mass is 32.2. The zero-order valence-corrected chi connectivity index (χ0v) is 23.6. The van der Waals surface area contributed by atoms with E-state index in [1.165, 1.54) is 25.4 Å². The van der Waals surface area contributed by atoms with Crippen LogP contribution in [0.5, 0.6) is 5.75 Å². The van der Waals surface area contributed by atoms with Crippen molar-refractivity contribution < 1.29 is 22.7 Å². The Labute approximate surface area is 226 Å². The van der Waals surface area contributed by atoms with Crippen molar-refractivity contribution in [3.05, 3.63) is 60.2 Å². The molecule has 38 heavy (non-hydrogen) atoms. The Morgan fingerprint density at radius 1 is 1.03 bits per heavy atom. The fourth-order valence-electron chi connectivity index (χ4n) is 4.74. The summed E-state index contributed by atoms with van der Waals surface area (Å²) in [6.07, 6.45) is 5.55. The van der Waals surface area contributed by atoms with E-state index < -0.39 is 28.7 Å². The molecule has 1 aliphatic carbocycles. The van der Waals surface area contributed by atoms with Gasteiger partial charge in [0, 0.05) is 26.7 Å². The van der Waals surface area contributed by atoms with Gasteiger partial charge in [0.15, 0.2) is 0 Å². The maximum Gasteiger partial charge on any atom is 0.304 e. The van der Waals surface area contributed by atoms with Gasteiger partial charge in [0.2, 0.25) is 11.8 Å². The van der Waals surface area contributed by atoms with Crippen LogP contribution in [0, 0.1) is 0 Å². The highest BCUT2D eigenvalue weighted by Gasteiger charge is 2.34. The number of carbonyl (C=O) groups is 2. The van der Waals surface area contributed by atoms with Crippen LogP contribution in [-0.2, 0) is 26.3 Å². The molecule has 3 rings (SSSR count). The summed E-state index contributed by atoms with van der Waals surface area (Å²) in [6.45, 7) is 1.56. The third-order valence-electron chi connectivity index (χ3n) is 6.89. The molecule has 0 heterocycles. The highest BCUT2D eigenvalue weighted by Crippen LogP contribution is 2.23. The molecule has 208 valence electrons. The number of hydrogen-bond acceptors (Lipinski definition) is 5. The number of carbonyl (C=O) groups excluding carboxylic acids is 2. The molecule has 2 aromatic carbocycles. The summed E-state index contributed by atoms with van der Waals surface area (Å²) in [7, 11) is 0.441. The van der Waals surface area contributed by atoms with Crippen LogP contribution in [0.3, 0.4) is 0 Å². The Hall–Kier alpha value is -3.11. The number of nitrogens with one attached hydrogen (secondary N) is 1. The second-order valence-electron chi connectivity index (χ2n) is 9.77. The number of ether oxygens (including phenoxy) is 1. The van der Waals surface area contributed by atoms with Crippen LogP contribution in [0.1, 0.15) is 51.0 Å². The summed E-state index contributed by atoms with van der Waals surface area (Å²) < 4.78 is 34.0. The number of nitrogens with zero attached hydrogens (tertiary/aromatic N) is 3. The minimum atomic E-state index is -3.98. The first kappa shape index (κ1) is 29.4. The first-order valence-electron chi connectivity index (χ1n) is 13.1. The van der Waals surface area contributed by atoms with Gasteiger partial charge in [-0.15, -0.1) is 0 Å². The Kier molecular flexibility index (Phi) is 10.6. The molecule has 1 fully saturated rings. The Morgan fingerprint density at radius 2 is 1.71 bits per heavy atom. The van der Waals surface area contributed by atoms with Gasteiger partial charge in [-0.25, -0.2) is 4.31 Å². The first-order chi connectivity index (χ1) is 18.2. The quantitative estimate of drug-likeness (QED) is 0.441. The largest absolute Gasteiger partial charge is 0.497 e. The van der Waals surface area contributed by atoms with Crippen LogP contribution >= 0.6 is 0 Å². The number of hydrogen-bond donors (Lipinski definition) is 1. The zero-order valence-electron chi connectivity index (χ0n) is 22.8. The van der Waals surface area contributed by atoms with Crippen LogP contribution in [0.2, 0.25) is 0 Å². The summed E-state index contributed by atoms with van der Waals surface area (Å²) in [5.41, 5.74) is 1.15. The van der Waals surface area contributed by atoms with E-state index in [4.69, 9.17) is 4.74 Å². The number of benzene rings is 2. The van der Waals surface area contributed by atoms with E-state index in [0.717, 1.165) is 39.9 Å². The molecule has 0 bridgehead atoms. The van der Waals surface area contributed by atoms with Gasteiger partial charge < -0.3 is 15.0 Å². The lowest BCUT2D eigenvalue weighted by Gasteiger charge is -2.35. The molecule has 0 spiro atoms. The Balaban J connectivity index is 1.95. The Bertz CT molecular complexity index is 1170. The van der Waals surface area contributed by atoms with Crippen molar-refractivity contribution in [2.24, 2.45) is 0 Å². The third kappa shape index (κ3) is 7.48. The van der Waals surface area contributed by atoms with Gasteiger partial charge in [0.25, 0.3) is 0 Å². The monoisotopic (exact) mass is 544 g/mol.